The predicted octanol–water partition coefficient (Wildman–Crippen LogP) is 1.45. The van der Waals surface area contributed by atoms with Crippen LogP contribution in [-0.4, -0.2) is 41.1 Å². The first-order valence-electron chi connectivity index (χ1n) is 7.09. The lowest BCUT2D eigenvalue weighted by atomic mass is 10.1. The van der Waals surface area contributed by atoms with Gasteiger partial charge in [0.25, 0.3) is 0 Å². The van der Waals surface area contributed by atoms with Crippen LogP contribution in [0.5, 0.6) is 0 Å². The fourth-order valence-electron chi connectivity index (χ4n) is 2.36. The molecule has 0 aromatic carbocycles. The molecule has 1 unspecified atom stereocenters. The lowest BCUT2D eigenvalue weighted by Crippen LogP contribution is -2.17. The molecule has 0 saturated carbocycles. The van der Waals surface area contributed by atoms with Crippen molar-refractivity contribution in [1.82, 2.24) is 30.0 Å². The van der Waals surface area contributed by atoms with Crippen LogP contribution < -0.4 is 0 Å². The lowest BCUT2D eigenvalue weighted by Gasteiger charge is -2.15. The Morgan fingerprint density at radius 1 is 1.43 bits per heavy atom. The smallest absolute Gasteiger partial charge is 0.305 e. The van der Waals surface area contributed by atoms with Gasteiger partial charge in [-0.1, -0.05) is 20.3 Å². The molecule has 2 aromatic rings. The molecule has 0 spiro atoms. The number of rotatable bonds is 7. The van der Waals surface area contributed by atoms with Crippen molar-refractivity contribution in [2.24, 2.45) is 7.05 Å². The van der Waals surface area contributed by atoms with E-state index in [1.807, 2.05) is 27.0 Å². The van der Waals surface area contributed by atoms with Gasteiger partial charge in [-0.25, -0.2) is 4.68 Å². The maximum absolute atomic E-state index is 11.0. The summed E-state index contributed by atoms with van der Waals surface area (Å²) in [4.78, 5) is 11.0. The summed E-state index contributed by atoms with van der Waals surface area (Å²) in [5.74, 6) is -0.293. The van der Waals surface area contributed by atoms with E-state index >= 15 is 0 Å². The highest BCUT2D eigenvalue weighted by Gasteiger charge is 2.22. The zero-order valence-corrected chi connectivity index (χ0v) is 12.5. The van der Waals surface area contributed by atoms with Crippen LogP contribution in [-0.2, 0) is 18.3 Å². The summed E-state index contributed by atoms with van der Waals surface area (Å²) < 4.78 is 3.33. The zero-order valence-electron chi connectivity index (χ0n) is 12.5. The van der Waals surface area contributed by atoms with Gasteiger partial charge in [0.1, 0.15) is 5.69 Å². The molecule has 0 aliphatic rings. The molecular formula is C13H20N6O2. The van der Waals surface area contributed by atoms with E-state index in [0.717, 1.165) is 24.2 Å². The summed E-state index contributed by atoms with van der Waals surface area (Å²) in [5, 5.41) is 25.2. The monoisotopic (exact) mass is 292 g/mol. The summed E-state index contributed by atoms with van der Waals surface area (Å²) in [6.07, 6.45) is 2.40. The fraction of sp³-hybridized carbons (Fsp3) is 0.615. The molecule has 0 aliphatic heterocycles. The Hall–Kier alpha value is -2.25. The summed E-state index contributed by atoms with van der Waals surface area (Å²) in [6, 6.07) is 1.68. The molecule has 0 aliphatic carbocycles. The molecule has 8 nitrogen and oxygen atoms in total. The van der Waals surface area contributed by atoms with Gasteiger partial charge in [-0.15, -0.1) is 5.10 Å². The van der Waals surface area contributed by atoms with Crippen molar-refractivity contribution < 1.29 is 9.90 Å². The number of hydrogen-bond donors (Lipinski definition) is 1. The van der Waals surface area contributed by atoms with E-state index in [2.05, 4.69) is 20.6 Å². The number of carboxylic acid groups (broad SMARTS) is 1. The maximum atomic E-state index is 11.0. The number of nitrogens with zero attached hydrogens (tertiary/aromatic N) is 6. The van der Waals surface area contributed by atoms with Crippen LogP contribution in [0.25, 0.3) is 11.5 Å². The second-order valence-corrected chi connectivity index (χ2v) is 4.99. The quantitative estimate of drug-likeness (QED) is 0.829. The van der Waals surface area contributed by atoms with Gasteiger partial charge in [-0.05, 0) is 29.3 Å². The van der Waals surface area contributed by atoms with Crippen molar-refractivity contribution in [2.45, 2.75) is 45.6 Å². The van der Waals surface area contributed by atoms with Crippen molar-refractivity contribution in [3.63, 3.8) is 0 Å². The summed E-state index contributed by atoms with van der Waals surface area (Å²) in [7, 11) is 1.83. The minimum absolute atomic E-state index is 0.00433. The van der Waals surface area contributed by atoms with Crippen LogP contribution in [0.3, 0.4) is 0 Å². The molecule has 2 heterocycles. The van der Waals surface area contributed by atoms with Crippen molar-refractivity contribution >= 4 is 5.97 Å². The molecule has 1 N–H and O–H groups in total. The first-order chi connectivity index (χ1) is 10.1. The normalized spacial score (nSPS) is 12.5. The Bertz CT molecular complexity index is 618. The second-order valence-electron chi connectivity index (χ2n) is 4.99. The molecule has 0 radical (unpaired) electrons. The number of hydrogen-bond acceptors (Lipinski definition) is 5. The molecule has 2 rings (SSSR count). The van der Waals surface area contributed by atoms with Gasteiger partial charge in [0.2, 0.25) is 5.82 Å². The molecule has 0 amide bonds. The SMILES string of the molecule is CCCC(CC(=O)O)n1nnnc1-c1cc(CC)nn1C. The van der Waals surface area contributed by atoms with Crippen molar-refractivity contribution in [3.8, 4) is 11.5 Å². The largest absolute Gasteiger partial charge is 0.481 e. The van der Waals surface area contributed by atoms with Crippen LogP contribution in [0, 0.1) is 0 Å². The Kier molecular flexibility index (Phi) is 4.66. The van der Waals surface area contributed by atoms with Crippen molar-refractivity contribution in [2.75, 3.05) is 0 Å². The van der Waals surface area contributed by atoms with Crippen LogP contribution in [0.4, 0.5) is 0 Å². The Balaban J connectivity index is 2.39. The average Bonchev–Trinajstić information content (AvgIpc) is 3.03. The number of carbonyl (C=O) groups is 1. The topological polar surface area (TPSA) is 98.7 Å². The third-order valence-corrected chi connectivity index (χ3v) is 3.39. The Morgan fingerprint density at radius 3 is 2.76 bits per heavy atom. The van der Waals surface area contributed by atoms with Crippen LogP contribution in [0.15, 0.2) is 6.07 Å². The molecule has 8 heteroatoms. The number of aryl methyl sites for hydroxylation is 2. The molecule has 114 valence electrons. The third kappa shape index (κ3) is 3.26. The van der Waals surface area contributed by atoms with E-state index in [1.54, 1.807) is 9.36 Å². The van der Waals surface area contributed by atoms with E-state index in [0.29, 0.717) is 12.2 Å². The summed E-state index contributed by atoms with van der Waals surface area (Å²) >= 11 is 0. The van der Waals surface area contributed by atoms with Crippen LogP contribution >= 0.6 is 0 Å². The minimum Gasteiger partial charge on any atom is -0.481 e. The predicted molar refractivity (Wildman–Crippen MR) is 75.6 cm³/mol. The number of aliphatic carboxylic acids is 1. The van der Waals surface area contributed by atoms with E-state index in [-0.39, 0.29) is 12.5 Å². The van der Waals surface area contributed by atoms with Gasteiger partial charge >= 0.3 is 5.97 Å². The summed E-state index contributed by atoms with van der Waals surface area (Å²) in [6.45, 7) is 4.04. The highest BCUT2D eigenvalue weighted by molar-refractivity contribution is 5.67. The molecule has 0 fully saturated rings. The molecular weight excluding hydrogens is 272 g/mol. The molecule has 0 bridgehead atoms. The maximum Gasteiger partial charge on any atom is 0.305 e. The number of carboxylic acids is 1. The summed E-state index contributed by atoms with van der Waals surface area (Å²) in [5.41, 5.74) is 1.75. The van der Waals surface area contributed by atoms with Crippen molar-refractivity contribution in [3.05, 3.63) is 11.8 Å². The zero-order chi connectivity index (χ0) is 15.4. The molecule has 0 saturated heterocycles. The Labute approximate surface area is 122 Å². The van der Waals surface area contributed by atoms with Crippen molar-refractivity contribution in [1.29, 1.82) is 0 Å². The fourth-order valence-corrected chi connectivity index (χ4v) is 2.36. The van der Waals surface area contributed by atoms with Gasteiger partial charge in [0.05, 0.1) is 18.2 Å². The second kappa shape index (κ2) is 6.47. The van der Waals surface area contributed by atoms with Crippen LogP contribution in [0.1, 0.15) is 44.8 Å². The van der Waals surface area contributed by atoms with Gasteiger partial charge < -0.3 is 5.11 Å². The molecule has 1 atom stereocenters. The highest BCUT2D eigenvalue weighted by atomic mass is 16.4. The minimum atomic E-state index is -0.853. The van der Waals surface area contributed by atoms with Crippen LogP contribution in [0.2, 0.25) is 0 Å². The van der Waals surface area contributed by atoms with Gasteiger partial charge in [-0.2, -0.15) is 5.10 Å². The average molecular weight is 292 g/mol. The molecule has 21 heavy (non-hydrogen) atoms. The van der Waals surface area contributed by atoms with E-state index in [1.165, 1.54) is 0 Å². The molecule has 2 aromatic heterocycles. The third-order valence-electron chi connectivity index (χ3n) is 3.39. The lowest BCUT2D eigenvalue weighted by molar-refractivity contribution is -0.138. The Morgan fingerprint density at radius 2 is 2.19 bits per heavy atom. The standard InChI is InChI=1S/C13H20N6O2/c1-4-6-10(8-12(20)21)19-13(14-16-17-19)11-7-9(5-2)15-18(11)3/h7,10H,4-6,8H2,1-3H3,(H,20,21). The van der Waals surface area contributed by atoms with E-state index in [4.69, 9.17) is 5.11 Å². The first-order valence-corrected chi connectivity index (χ1v) is 7.09. The van der Waals surface area contributed by atoms with Gasteiger partial charge in [-0.3, -0.25) is 9.48 Å². The van der Waals surface area contributed by atoms with Gasteiger partial charge in [0.15, 0.2) is 0 Å². The van der Waals surface area contributed by atoms with E-state index in [9.17, 15) is 4.79 Å². The number of aromatic nitrogens is 6. The first kappa shape index (κ1) is 15.1. The number of tetrazole rings is 1. The van der Waals surface area contributed by atoms with Gasteiger partial charge in [0, 0.05) is 7.05 Å². The van der Waals surface area contributed by atoms with E-state index < -0.39 is 5.97 Å². The highest BCUT2D eigenvalue weighted by Crippen LogP contribution is 2.24.